The maximum Gasteiger partial charge on any atom is 0.101 e. The standard InChI is InChI=1S/C20H16ClN3/c1-13-18(14-6-4-3-5-7-14)19-17(12-22-13)24(2)23-20(19)15-8-10-16(21)11-9-15/h3-12H,1-2H3. The summed E-state index contributed by atoms with van der Waals surface area (Å²) in [6.07, 6.45) is 1.89. The molecule has 4 rings (SSSR count). The van der Waals surface area contributed by atoms with E-state index in [4.69, 9.17) is 16.7 Å². The van der Waals surface area contributed by atoms with Crippen LogP contribution >= 0.6 is 11.6 Å². The van der Waals surface area contributed by atoms with E-state index >= 15 is 0 Å². The summed E-state index contributed by atoms with van der Waals surface area (Å²) < 4.78 is 1.89. The lowest BCUT2D eigenvalue weighted by molar-refractivity contribution is 0.799. The summed E-state index contributed by atoms with van der Waals surface area (Å²) >= 11 is 6.04. The molecule has 118 valence electrons. The number of hydrogen-bond donors (Lipinski definition) is 0. The van der Waals surface area contributed by atoms with Crippen molar-refractivity contribution in [2.45, 2.75) is 6.92 Å². The fraction of sp³-hybridized carbons (Fsp3) is 0.100. The van der Waals surface area contributed by atoms with E-state index in [2.05, 4.69) is 17.1 Å². The Morgan fingerprint density at radius 2 is 1.62 bits per heavy atom. The zero-order valence-electron chi connectivity index (χ0n) is 13.5. The topological polar surface area (TPSA) is 30.7 Å². The Balaban J connectivity index is 2.09. The van der Waals surface area contributed by atoms with Gasteiger partial charge in [-0.15, -0.1) is 0 Å². The molecular weight excluding hydrogens is 318 g/mol. The molecule has 0 spiro atoms. The van der Waals surface area contributed by atoms with Gasteiger partial charge in [-0.1, -0.05) is 54.1 Å². The van der Waals surface area contributed by atoms with Crippen molar-refractivity contribution in [2.24, 2.45) is 7.05 Å². The first-order chi connectivity index (χ1) is 11.6. The van der Waals surface area contributed by atoms with Crippen molar-refractivity contribution < 1.29 is 0 Å². The third-order valence-electron chi connectivity index (χ3n) is 4.26. The second-order valence-electron chi connectivity index (χ2n) is 5.82. The van der Waals surface area contributed by atoms with Crippen LogP contribution in [0.4, 0.5) is 0 Å². The number of benzene rings is 2. The molecule has 2 aromatic carbocycles. The Bertz CT molecular complexity index is 1020. The highest BCUT2D eigenvalue weighted by Gasteiger charge is 2.18. The van der Waals surface area contributed by atoms with E-state index in [1.165, 1.54) is 0 Å². The average Bonchev–Trinajstić information content (AvgIpc) is 2.93. The summed E-state index contributed by atoms with van der Waals surface area (Å²) in [4.78, 5) is 4.58. The van der Waals surface area contributed by atoms with E-state index in [0.717, 1.165) is 44.0 Å². The van der Waals surface area contributed by atoms with Crippen LogP contribution in [-0.2, 0) is 7.05 Å². The number of hydrogen-bond acceptors (Lipinski definition) is 2. The fourth-order valence-electron chi connectivity index (χ4n) is 3.10. The van der Waals surface area contributed by atoms with Gasteiger partial charge < -0.3 is 0 Å². The third-order valence-corrected chi connectivity index (χ3v) is 4.52. The maximum absolute atomic E-state index is 6.04. The molecule has 0 aliphatic heterocycles. The molecule has 0 atom stereocenters. The minimum absolute atomic E-state index is 0.722. The van der Waals surface area contributed by atoms with E-state index in [1.807, 2.05) is 67.3 Å². The predicted molar refractivity (Wildman–Crippen MR) is 99.1 cm³/mol. The molecule has 0 fully saturated rings. The molecular formula is C20H16ClN3. The highest BCUT2D eigenvalue weighted by molar-refractivity contribution is 6.30. The molecule has 3 nitrogen and oxygen atoms in total. The maximum atomic E-state index is 6.04. The van der Waals surface area contributed by atoms with Gasteiger partial charge in [-0.05, 0) is 24.6 Å². The smallest absolute Gasteiger partial charge is 0.101 e. The van der Waals surface area contributed by atoms with Gasteiger partial charge in [0, 0.05) is 34.3 Å². The minimum atomic E-state index is 0.722. The van der Waals surface area contributed by atoms with Crippen LogP contribution in [-0.4, -0.2) is 14.8 Å². The first kappa shape index (κ1) is 14.9. The van der Waals surface area contributed by atoms with Crippen LogP contribution in [0.25, 0.3) is 33.3 Å². The number of halogens is 1. The Kier molecular flexibility index (Phi) is 3.58. The molecule has 4 heteroatoms. The van der Waals surface area contributed by atoms with Crippen LogP contribution in [0.2, 0.25) is 5.02 Å². The molecule has 0 bridgehead atoms. The molecule has 0 saturated heterocycles. The van der Waals surface area contributed by atoms with Crippen LogP contribution in [0.5, 0.6) is 0 Å². The monoisotopic (exact) mass is 333 g/mol. The number of nitrogens with zero attached hydrogens (tertiary/aromatic N) is 3. The fourth-order valence-corrected chi connectivity index (χ4v) is 3.23. The van der Waals surface area contributed by atoms with Crippen LogP contribution in [0.3, 0.4) is 0 Å². The predicted octanol–water partition coefficient (Wildman–Crippen LogP) is 5.26. The summed E-state index contributed by atoms with van der Waals surface area (Å²) in [5.41, 5.74) is 6.30. The molecule has 0 N–H and O–H groups in total. The van der Waals surface area contributed by atoms with E-state index in [-0.39, 0.29) is 0 Å². The molecule has 2 heterocycles. The lowest BCUT2D eigenvalue weighted by Crippen LogP contribution is -1.92. The Morgan fingerprint density at radius 1 is 0.917 bits per heavy atom. The SMILES string of the molecule is Cc1ncc2c(c(-c3ccc(Cl)cc3)nn2C)c1-c1ccccc1. The third kappa shape index (κ3) is 2.38. The van der Waals surface area contributed by atoms with Gasteiger partial charge in [-0.3, -0.25) is 9.67 Å². The van der Waals surface area contributed by atoms with Gasteiger partial charge in [0.15, 0.2) is 0 Å². The second kappa shape index (κ2) is 5.77. The molecule has 0 radical (unpaired) electrons. The summed E-state index contributed by atoms with van der Waals surface area (Å²) in [6, 6.07) is 18.2. The number of rotatable bonds is 2. The van der Waals surface area contributed by atoms with E-state index in [9.17, 15) is 0 Å². The largest absolute Gasteiger partial charge is 0.266 e. The molecule has 24 heavy (non-hydrogen) atoms. The normalized spacial score (nSPS) is 11.1. The zero-order chi connectivity index (χ0) is 16.7. The van der Waals surface area contributed by atoms with Gasteiger partial charge in [0.2, 0.25) is 0 Å². The van der Waals surface area contributed by atoms with Crippen molar-refractivity contribution in [1.82, 2.24) is 14.8 Å². The molecule has 2 aromatic heterocycles. The molecule has 0 aliphatic rings. The van der Waals surface area contributed by atoms with Crippen LogP contribution in [0.1, 0.15) is 5.69 Å². The molecule has 0 unspecified atom stereocenters. The van der Waals surface area contributed by atoms with E-state index in [1.54, 1.807) is 0 Å². The highest BCUT2D eigenvalue weighted by Crippen LogP contribution is 2.37. The second-order valence-corrected chi connectivity index (χ2v) is 6.26. The molecule has 0 aliphatic carbocycles. The number of pyridine rings is 1. The molecule has 0 saturated carbocycles. The summed E-state index contributed by atoms with van der Waals surface area (Å²) in [5, 5.41) is 6.60. The summed E-state index contributed by atoms with van der Waals surface area (Å²) in [6.45, 7) is 2.04. The summed E-state index contributed by atoms with van der Waals surface area (Å²) in [7, 11) is 1.95. The van der Waals surface area contributed by atoms with Gasteiger partial charge in [0.25, 0.3) is 0 Å². The lowest BCUT2D eigenvalue weighted by Gasteiger charge is -2.09. The first-order valence-corrected chi connectivity index (χ1v) is 8.16. The van der Waals surface area contributed by atoms with E-state index in [0.29, 0.717) is 0 Å². The van der Waals surface area contributed by atoms with Crippen molar-refractivity contribution in [2.75, 3.05) is 0 Å². The van der Waals surface area contributed by atoms with Crippen molar-refractivity contribution in [3.05, 3.63) is 71.5 Å². The van der Waals surface area contributed by atoms with Gasteiger partial charge in [-0.25, -0.2) is 0 Å². The van der Waals surface area contributed by atoms with Gasteiger partial charge in [0.05, 0.1) is 11.7 Å². The number of fused-ring (bicyclic) bond motifs is 1. The summed E-state index contributed by atoms with van der Waals surface area (Å²) in [5.74, 6) is 0. The Labute approximate surface area is 145 Å². The first-order valence-electron chi connectivity index (χ1n) is 7.79. The van der Waals surface area contributed by atoms with Gasteiger partial charge >= 0.3 is 0 Å². The van der Waals surface area contributed by atoms with Gasteiger partial charge in [0.1, 0.15) is 5.69 Å². The van der Waals surface area contributed by atoms with Crippen LogP contribution in [0, 0.1) is 6.92 Å². The number of aryl methyl sites for hydroxylation is 2. The lowest BCUT2D eigenvalue weighted by atomic mass is 9.97. The molecule has 0 amide bonds. The zero-order valence-corrected chi connectivity index (χ0v) is 14.2. The Hall–Kier alpha value is -2.65. The van der Waals surface area contributed by atoms with Crippen molar-refractivity contribution in [3.63, 3.8) is 0 Å². The van der Waals surface area contributed by atoms with Gasteiger partial charge in [-0.2, -0.15) is 5.10 Å². The molecule has 4 aromatic rings. The Morgan fingerprint density at radius 3 is 2.33 bits per heavy atom. The van der Waals surface area contributed by atoms with Crippen molar-refractivity contribution >= 4 is 22.5 Å². The van der Waals surface area contributed by atoms with Crippen LogP contribution in [0.15, 0.2) is 60.8 Å². The number of aromatic nitrogens is 3. The van der Waals surface area contributed by atoms with E-state index < -0.39 is 0 Å². The average molecular weight is 334 g/mol. The highest BCUT2D eigenvalue weighted by atomic mass is 35.5. The van der Waals surface area contributed by atoms with Crippen LogP contribution < -0.4 is 0 Å². The minimum Gasteiger partial charge on any atom is -0.266 e. The quantitative estimate of drug-likeness (QED) is 0.500. The van der Waals surface area contributed by atoms with Crippen molar-refractivity contribution in [1.29, 1.82) is 0 Å². The van der Waals surface area contributed by atoms with Crippen molar-refractivity contribution in [3.8, 4) is 22.4 Å².